The average Bonchev–Trinajstić information content (AvgIpc) is 2.52. The Bertz CT molecular complexity index is 217. The molecule has 2 aliphatic rings. The molecule has 1 saturated carbocycles. The molecule has 1 saturated heterocycles. The highest BCUT2D eigenvalue weighted by atomic mass is 16.5. The van der Waals surface area contributed by atoms with Crippen molar-refractivity contribution in [3.63, 3.8) is 0 Å². The van der Waals surface area contributed by atoms with Gasteiger partial charge < -0.3 is 10.1 Å². The van der Waals surface area contributed by atoms with Crippen LogP contribution in [0.25, 0.3) is 0 Å². The van der Waals surface area contributed by atoms with Crippen LogP contribution in [0.4, 0.5) is 0 Å². The van der Waals surface area contributed by atoms with Gasteiger partial charge in [-0.2, -0.15) is 0 Å². The number of hydrogen-bond acceptors (Lipinski definition) is 3. The van der Waals surface area contributed by atoms with Gasteiger partial charge in [-0.1, -0.05) is 6.42 Å². The molecule has 14 heavy (non-hydrogen) atoms. The highest BCUT2D eigenvalue weighted by Crippen LogP contribution is 2.46. The van der Waals surface area contributed by atoms with Crippen LogP contribution in [0.2, 0.25) is 0 Å². The summed E-state index contributed by atoms with van der Waals surface area (Å²) >= 11 is 0. The minimum Gasteiger partial charge on any atom is -0.466 e. The van der Waals surface area contributed by atoms with Gasteiger partial charge in [0.25, 0.3) is 0 Å². The predicted molar refractivity (Wildman–Crippen MR) is 53.9 cm³/mol. The molecule has 0 aromatic carbocycles. The van der Waals surface area contributed by atoms with Gasteiger partial charge in [0.2, 0.25) is 0 Å². The largest absolute Gasteiger partial charge is 0.466 e. The standard InChI is InChI=1S/C11H19NO2/c1-2-14-10(13)11(6-7-12-8-11)9-4-3-5-9/h9,12H,2-8H2,1H3. The first-order chi connectivity index (χ1) is 6.79. The summed E-state index contributed by atoms with van der Waals surface area (Å²) in [5.74, 6) is 0.617. The van der Waals surface area contributed by atoms with Crippen LogP contribution in [0, 0.1) is 11.3 Å². The quantitative estimate of drug-likeness (QED) is 0.694. The molecule has 0 aromatic rings. The first kappa shape index (κ1) is 9.97. The van der Waals surface area contributed by atoms with Crippen LogP contribution < -0.4 is 5.32 Å². The Morgan fingerprint density at radius 3 is 2.79 bits per heavy atom. The van der Waals surface area contributed by atoms with Gasteiger partial charge >= 0.3 is 5.97 Å². The van der Waals surface area contributed by atoms with Crippen molar-refractivity contribution in [3.8, 4) is 0 Å². The molecule has 3 nitrogen and oxygen atoms in total. The van der Waals surface area contributed by atoms with Crippen LogP contribution in [-0.4, -0.2) is 25.7 Å². The highest BCUT2D eigenvalue weighted by Gasteiger charge is 2.50. The summed E-state index contributed by atoms with van der Waals surface area (Å²) < 4.78 is 5.21. The molecule has 80 valence electrons. The average molecular weight is 197 g/mol. The van der Waals surface area contributed by atoms with E-state index in [0.29, 0.717) is 12.5 Å². The molecule has 0 spiro atoms. The fraction of sp³-hybridized carbons (Fsp3) is 0.909. The summed E-state index contributed by atoms with van der Waals surface area (Å²) in [5, 5.41) is 3.30. The second-order valence-electron chi connectivity index (χ2n) is 4.43. The lowest BCUT2D eigenvalue weighted by Crippen LogP contribution is -2.44. The minimum absolute atomic E-state index is 0.0368. The van der Waals surface area contributed by atoms with E-state index in [2.05, 4.69) is 5.32 Å². The third-order valence-electron chi connectivity index (χ3n) is 3.76. The lowest BCUT2D eigenvalue weighted by molar-refractivity contribution is -0.160. The van der Waals surface area contributed by atoms with Crippen molar-refractivity contribution in [1.82, 2.24) is 5.32 Å². The topological polar surface area (TPSA) is 38.3 Å². The van der Waals surface area contributed by atoms with Gasteiger partial charge in [0, 0.05) is 6.54 Å². The second kappa shape index (κ2) is 3.89. The highest BCUT2D eigenvalue weighted by molar-refractivity contribution is 5.78. The van der Waals surface area contributed by atoms with Crippen molar-refractivity contribution in [3.05, 3.63) is 0 Å². The summed E-state index contributed by atoms with van der Waals surface area (Å²) in [6.45, 7) is 4.19. The Hall–Kier alpha value is -0.570. The summed E-state index contributed by atoms with van der Waals surface area (Å²) in [7, 11) is 0. The summed E-state index contributed by atoms with van der Waals surface area (Å²) in [4.78, 5) is 11.9. The van der Waals surface area contributed by atoms with Crippen molar-refractivity contribution < 1.29 is 9.53 Å². The van der Waals surface area contributed by atoms with Crippen molar-refractivity contribution in [1.29, 1.82) is 0 Å². The molecule has 3 heteroatoms. The number of ether oxygens (including phenoxy) is 1. The van der Waals surface area contributed by atoms with E-state index in [1.54, 1.807) is 0 Å². The fourth-order valence-electron chi connectivity index (χ4n) is 2.64. The number of carbonyl (C=O) groups excluding carboxylic acids is 1. The van der Waals surface area contributed by atoms with Crippen molar-refractivity contribution in [2.24, 2.45) is 11.3 Å². The molecule has 1 aliphatic heterocycles. The van der Waals surface area contributed by atoms with Crippen LogP contribution in [-0.2, 0) is 9.53 Å². The number of carbonyl (C=O) groups is 1. The molecule has 2 rings (SSSR count). The molecule has 1 N–H and O–H groups in total. The molecule has 1 heterocycles. The Labute approximate surface area is 85.2 Å². The lowest BCUT2D eigenvalue weighted by atomic mass is 9.64. The first-order valence-corrected chi connectivity index (χ1v) is 5.67. The zero-order chi connectivity index (χ0) is 10.0. The van der Waals surface area contributed by atoms with E-state index in [9.17, 15) is 4.79 Å². The van der Waals surface area contributed by atoms with Gasteiger partial charge in [-0.15, -0.1) is 0 Å². The maximum absolute atomic E-state index is 11.9. The van der Waals surface area contributed by atoms with Crippen LogP contribution in [0.15, 0.2) is 0 Å². The van der Waals surface area contributed by atoms with E-state index in [0.717, 1.165) is 19.5 Å². The zero-order valence-corrected chi connectivity index (χ0v) is 8.84. The van der Waals surface area contributed by atoms with Gasteiger partial charge in [0.05, 0.1) is 12.0 Å². The van der Waals surface area contributed by atoms with Crippen molar-refractivity contribution in [2.45, 2.75) is 32.6 Å². The minimum atomic E-state index is -0.172. The Morgan fingerprint density at radius 1 is 1.57 bits per heavy atom. The number of hydrogen-bond donors (Lipinski definition) is 1. The van der Waals surface area contributed by atoms with Crippen molar-refractivity contribution >= 4 is 5.97 Å². The maximum atomic E-state index is 11.9. The Balaban J connectivity index is 2.08. The first-order valence-electron chi connectivity index (χ1n) is 5.67. The van der Waals surface area contributed by atoms with Crippen molar-refractivity contribution in [2.75, 3.05) is 19.7 Å². The van der Waals surface area contributed by atoms with E-state index < -0.39 is 0 Å². The molecule has 0 amide bonds. The molecule has 2 fully saturated rings. The summed E-state index contributed by atoms with van der Waals surface area (Å²) in [6, 6.07) is 0. The molecular formula is C11H19NO2. The van der Waals surface area contributed by atoms with Gasteiger partial charge in [0.1, 0.15) is 0 Å². The van der Waals surface area contributed by atoms with Crippen LogP contribution in [0.3, 0.4) is 0 Å². The van der Waals surface area contributed by atoms with Gasteiger partial charge in [-0.3, -0.25) is 4.79 Å². The molecular weight excluding hydrogens is 178 g/mol. The normalized spacial score (nSPS) is 32.6. The van der Waals surface area contributed by atoms with E-state index in [1.165, 1.54) is 19.3 Å². The molecule has 0 aromatic heterocycles. The summed E-state index contributed by atoms with van der Waals surface area (Å²) in [6.07, 6.45) is 4.67. The van der Waals surface area contributed by atoms with Crippen LogP contribution in [0.5, 0.6) is 0 Å². The van der Waals surface area contributed by atoms with Gasteiger partial charge in [-0.05, 0) is 38.6 Å². The third-order valence-corrected chi connectivity index (χ3v) is 3.76. The SMILES string of the molecule is CCOC(=O)C1(C2CCC2)CCNC1. The van der Waals surface area contributed by atoms with Gasteiger partial charge in [0.15, 0.2) is 0 Å². The number of nitrogens with one attached hydrogen (secondary N) is 1. The Kier molecular flexibility index (Phi) is 2.77. The lowest BCUT2D eigenvalue weighted by Gasteiger charge is -2.40. The van der Waals surface area contributed by atoms with Crippen LogP contribution >= 0.6 is 0 Å². The fourth-order valence-corrected chi connectivity index (χ4v) is 2.64. The molecule has 1 unspecified atom stereocenters. The molecule has 0 bridgehead atoms. The van der Waals surface area contributed by atoms with E-state index >= 15 is 0 Å². The molecule has 1 aliphatic carbocycles. The maximum Gasteiger partial charge on any atom is 0.313 e. The predicted octanol–water partition coefficient (Wildman–Crippen LogP) is 1.33. The summed E-state index contributed by atoms with van der Waals surface area (Å²) in [5.41, 5.74) is -0.172. The van der Waals surface area contributed by atoms with E-state index in [4.69, 9.17) is 4.74 Å². The van der Waals surface area contributed by atoms with E-state index in [1.807, 2.05) is 6.92 Å². The van der Waals surface area contributed by atoms with Gasteiger partial charge in [-0.25, -0.2) is 0 Å². The molecule has 1 atom stereocenters. The zero-order valence-electron chi connectivity index (χ0n) is 8.84. The number of rotatable bonds is 3. The third kappa shape index (κ3) is 1.44. The van der Waals surface area contributed by atoms with E-state index in [-0.39, 0.29) is 11.4 Å². The Morgan fingerprint density at radius 2 is 2.36 bits per heavy atom. The molecule has 0 radical (unpaired) electrons. The van der Waals surface area contributed by atoms with Crippen LogP contribution in [0.1, 0.15) is 32.6 Å². The number of esters is 1. The second-order valence-corrected chi connectivity index (χ2v) is 4.43. The smallest absolute Gasteiger partial charge is 0.313 e. The monoisotopic (exact) mass is 197 g/mol.